The fourth-order valence-corrected chi connectivity index (χ4v) is 2.73. The second kappa shape index (κ2) is 9.22. The predicted octanol–water partition coefficient (Wildman–Crippen LogP) is 3.98. The Bertz CT molecular complexity index is 675. The third-order valence-electron chi connectivity index (χ3n) is 2.91. The molecule has 0 atom stereocenters. The van der Waals surface area contributed by atoms with E-state index in [0.717, 1.165) is 16.2 Å². The molecule has 0 saturated heterocycles. The number of nitrogens with one attached hydrogen (secondary N) is 1. The standard InChI is InChI=1S/C17H17ClN2O2S/c1-22-15-4-2-3-13(11-15)12-19-20-17(21)9-10-23-16-7-5-14(18)6-8-16/h2-8,11-12H,9-10H2,1H3,(H,20,21)/b19-12+. The Labute approximate surface area is 144 Å². The summed E-state index contributed by atoms with van der Waals surface area (Å²) >= 11 is 7.43. The summed E-state index contributed by atoms with van der Waals surface area (Å²) in [5.74, 6) is 1.31. The van der Waals surface area contributed by atoms with Crippen LogP contribution in [0.25, 0.3) is 0 Å². The van der Waals surface area contributed by atoms with E-state index in [1.165, 1.54) is 0 Å². The van der Waals surface area contributed by atoms with Crippen LogP contribution >= 0.6 is 23.4 Å². The molecule has 0 aliphatic heterocycles. The summed E-state index contributed by atoms with van der Waals surface area (Å²) in [5.41, 5.74) is 3.38. The lowest BCUT2D eigenvalue weighted by Crippen LogP contribution is -2.17. The highest BCUT2D eigenvalue weighted by Gasteiger charge is 2.01. The Hall–Kier alpha value is -1.98. The zero-order valence-electron chi connectivity index (χ0n) is 12.7. The molecular formula is C17H17ClN2O2S. The molecule has 2 rings (SSSR count). The number of nitrogens with zero attached hydrogens (tertiary/aromatic N) is 1. The van der Waals surface area contributed by atoms with Gasteiger partial charge in [-0.25, -0.2) is 5.43 Å². The minimum Gasteiger partial charge on any atom is -0.497 e. The minimum atomic E-state index is -0.120. The zero-order valence-corrected chi connectivity index (χ0v) is 14.2. The molecule has 0 aromatic heterocycles. The van der Waals surface area contributed by atoms with Crippen molar-refractivity contribution < 1.29 is 9.53 Å². The van der Waals surface area contributed by atoms with Gasteiger partial charge in [0.15, 0.2) is 0 Å². The Morgan fingerprint density at radius 1 is 1.30 bits per heavy atom. The van der Waals surface area contributed by atoms with Gasteiger partial charge in [0.25, 0.3) is 0 Å². The van der Waals surface area contributed by atoms with E-state index < -0.39 is 0 Å². The first-order valence-corrected chi connectivity index (χ1v) is 8.38. The average molecular weight is 349 g/mol. The smallest absolute Gasteiger partial charge is 0.240 e. The van der Waals surface area contributed by atoms with Gasteiger partial charge in [0.2, 0.25) is 5.91 Å². The van der Waals surface area contributed by atoms with Crippen molar-refractivity contribution in [3.8, 4) is 5.75 Å². The second-order valence-electron chi connectivity index (χ2n) is 4.62. The van der Waals surface area contributed by atoms with Gasteiger partial charge < -0.3 is 4.74 Å². The van der Waals surface area contributed by atoms with Crippen molar-refractivity contribution >= 4 is 35.5 Å². The molecule has 0 aliphatic carbocycles. The Morgan fingerprint density at radius 3 is 2.83 bits per heavy atom. The van der Waals surface area contributed by atoms with Gasteiger partial charge in [-0.05, 0) is 42.0 Å². The van der Waals surface area contributed by atoms with E-state index in [1.807, 2.05) is 48.5 Å². The highest BCUT2D eigenvalue weighted by molar-refractivity contribution is 7.99. The molecule has 0 saturated carbocycles. The third-order valence-corrected chi connectivity index (χ3v) is 4.17. The molecule has 2 aromatic carbocycles. The third kappa shape index (κ3) is 6.34. The fraction of sp³-hybridized carbons (Fsp3) is 0.176. The first-order chi connectivity index (χ1) is 11.2. The van der Waals surface area contributed by atoms with E-state index in [9.17, 15) is 4.79 Å². The van der Waals surface area contributed by atoms with Crippen molar-refractivity contribution in [2.75, 3.05) is 12.9 Å². The minimum absolute atomic E-state index is 0.120. The van der Waals surface area contributed by atoms with Crippen LogP contribution in [0.3, 0.4) is 0 Å². The van der Waals surface area contributed by atoms with Gasteiger partial charge in [-0.15, -0.1) is 11.8 Å². The molecule has 1 N–H and O–H groups in total. The number of thioether (sulfide) groups is 1. The van der Waals surface area contributed by atoms with E-state index >= 15 is 0 Å². The Kier molecular flexibility index (Phi) is 6.97. The maximum Gasteiger partial charge on any atom is 0.240 e. The zero-order chi connectivity index (χ0) is 16.5. The van der Waals surface area contributed by atoms with Gasteiger partial charge in [0.05, 0.1) is 13.3 Å². The Balaban J connectivity index is 1.72. The van der Waals surface area contributed by atoms with Crippen molar-refractivity contribution in [3.63, 3.8) is 0 Å². The average Bonchev–Trinajstić information content (AvgIpc) is 2.57. The monoisotopic (exact) mass is 348 g/mol. The molecule has 4 nitrogen and oxygen atoms in total. The summed E-state index contributed by atoms with van der Waals surface area (Å²) in [6.07, 6.45) is 1.98. The van der Waals surface area contributed by atoms with Crippen molar-refractivity contribution in [2.24, 2.45) is 5.10 Å². The van der Waals surface area contributed by atoms with Crippen LogP contribution in [0.1, 0.15) is 12.0 Å². The molecule has 23 heavy (non-hydrogen) atoms. The summed E-state index contributed by atoms with van der Waals surface area (Å²) in [7, 11) is 1.61. The maximum absolute atomic E-state index is 11.7. The van der Waals surface area contributed by atoms with Crippen LogP contribution in [-0.2, 0) is 4.79 Å². The van der Waals surface area contributed by atoms with Crippen LogP contribution in [0.4, 0.5) is 0 Å². The lowest BCUT2D eigenvalue weighted by molar-refractivity contribution is -0.120. The second-order valence-corrected chi connectivity index (χ2v) is 6.23. The van der Waals surface area contributed by atoms with Gasteiger partial charge in [0, 0.05) is 22.1 Å². The van der Waals surface area contributed by atoms with Gasteiger partial charge in [-0.1, -0.05) is 23.7 Å². The van der Waals surface area contributed by atoms with E-state index in [2.05, 4.69) is 10.5 Å². The van der Waals surface area contributed by atoms with Crippen LogP contribution < -0.4 is 10.2 Å². The molecule has 1 amide bonds. The molecule has 0 unspecified atom stereocenters. The summed E-state index contributed by atoms with van der Waals surface area (Å²) in [5, 5.41) is 4.65. The molecule has 0 bridgehead atoms. The Morgan fingerprint density at radius 2 is 2.09 bits per heavy atom. The maximum atomic E-state index is 11.7. The molecule has 6 heteroatoms. The SMILES string of the molecule is COc1cccc(/C=N/NC(=O)CCSc2ccc(Cl)cc2)c1. The van der Waals surface area contributed by atoms with Gasteiger partial charge in [0.1, 0.15) is 5.75 Å². The first kappa shape index (κ1) is 17.4. The normalized spacial score (nSPS) is 10.7. The largest absolute Gasteiger partial charge is 0.497 e. The van der Waals surface area contributed by atoms with E-state index in [0.29, 0.717) is 17.2 Å². The van der Waals surface area contributed by atoms with Crippen LogP contribution in [0.5, 0.6) is 5.75 Å². The number of halogens is 1. The van der Waals surface area contributed by atoms with Crippen LogP contribution in [0.15, 0.2) is 58.5 Å². The van der Waals surface area contributed by atoms with Crippen molar-refractivity contribution in [1.29, 1.82) is 0 Å². The number of carbonyl (C=O) groups excluding carboxylic acids is 1. The number of ether oxygens (including phenoxy) is 1. The molecule has 0 radical (unpaired) electrons. The quantitative estimate of drug-likeness (QED) is 0.467. The number of carbonyl (C=O) groups is 1. The molecule has 0 heterocycles. The first-order valence-electron chi connectivity index (χ1n) is 7.02. The lowest BCUT2D eigenvalue weighted by atomic mass is 10.2. The van der Waals surface area contributed by atoms with Crippen LogP contribution in [0, 0.1) is 0 Å². The van der Waals surface area contributed by atoms with E-state index in [4.69, 9.17) is 16.3 Å². The summed E-state index contributed by atoms with van der Waals surface area (Å²) < 4.78 is 5.12. The van der Waals surface area contributed by atoms with Crippen molar-refractivity contribution in [2.45, 2.75) is 11.3 Å². The highest BCUT2D eigenvalue weighted by atomic mass is 35.5. The summed E-state index contributed by atoms with van der Waals surface area (Å²) in [4.78, 5) is 12.8. The van der Waals surface area contributed by atoms with E-state index in [-0.39, 0.29) is 5.91 Å². The van der Waals surface area contributed by atoms with Gasteiger partial charge in [-0.2, -0.15) is 5.10 Å². The summed E-state index contributed by atoms with van der Waals surface area (Å²) in [6.45, 7) is 0. The number of hydrogen-bond donors (Lipinski definition) is 1. The summed E-state index contributed by atoms with van der Waals surface area (Å²) in [6, 6.07) is 15.0. The topological polar surface area (TPSA) is 50.7 Å². The molecule has 0 aliphatic rings. The molecular weight excluding hydrogens is 332 g/mol. The number of hydrogen-bond acceptors (Lipinski definition) is 4. The van der Waals surface area contributed by atoms with Crippen molar-refractivity contribution in [1.82, 2.24) is 5.43 Å². The number of amides is 1. The molecule has 0 spiro atoms. The fourth-order valence-electron chi connectivity index (χ4n) is 1.75. The van der Waals surface area contributed by atoms with Gasteiger partial charge >= 0.3 is 0 Å². The number of benzene rings is 2. The van der Waals surface area contributed by atoms with E-state index in [1.54, 1.807) is 25.1 Å². The van der Waals surface area contributed by atoms with Gasteiger partial charge in [-0.3, -0.25) is 4.79 Å². The number of hydrazone groups is 1. The highest BCUT2D eigenvalue weighted by Crippen LogP contribution is 2.20. The lowest BCUT2D eigenvalue weighted by Gasteiger charge is -2.02. The number of rotatable bonds is 7. The molecule has 120 valence electrons. The molecule has 2 aromatic rings. The van der Waals surface area contributed by atoms with Crippen LogP contribution in [-0.4, -0.2) is 25.0 Å². The predicted molar refractivity (Wildman–Crippen MR) is 95.5 cm³/mol. The van der Waals surface area contributed by atoms with Crippen molar-refractivity contribution in [3.05, 3.63) is 59.1 Å². The number of methoxy groups -OCH3 is 1. The molecule has 0 fully saturated rings. The van der Waals surface area contributed by atoms with Crippen LogP contribution in [0.2, 0.25) is 5.02 Å².